The minimum Gasteiger partial charge on any atom is -0.478 e. The molecule has 0 saturated heterocycles. The molecule has 0 saturated carbocycles. The Hall–Kier alpha value is -1.40. The maximum atomic E-state index is 10.4. The minimum atomic E-state index is -2.61. The third kappa shape index (κ3) is 3.22. The summed E-state index contributed by atoms with van der Waals surface area (Å²) in [6.45, 7) is 1.32. The number of carboxylic acids is 2. The smallest absolute Gasteiger partial charge is 0.337 e. The quantitative estimate of drug-likeness (QED) is 0.340. The van der Waals surface area contributed by atoms with Gasteiger partial charge >= 0.3 is 11.9 Å². The van der Waals surface area contributed by atoms with Gasteiger partial charge in [-0.1, -0.05) is 6.92 Å². The summed E-state index contributed by atoms with van der Waals surface area (Å²) in [5.74, 6) is -5.82. The van der Waals surface area contributed by atoms with Crippen LogP contribution in [0.2, 0.25) is 0 Å². The highest BCUT2D eigenvalue weighted by molar-refractivity contribution is 5.95. The number of hydrogen-bond donors (Lipinski definition) is 4. The monoisotopic (exact) mass is 190 g/mol. The van der Waals surface area contributed by atoms with E-state index in [0.717, 1.165) is 0 Å². The van der Waals surface area contributed by atoms with Crippen molar-refractivity contribution in [3.8, 4) is 0 Å². The molecule has 0 spiro atoms. The van der Waals surface area contributed by atoms with Crippen LogP contribution < -0.4 is 0 Å². The molecule has 0 aliphatic heterocycles. The SMILES string of the molecule is CCC(O)(O)C(=CC(=O)O)C(=O)O. The summed E-state index contributed by atoms with van der Waals surface area (Å²) in [5.41, 5.74) is -0.956. The van der Waals surface area contributed by atoms with Gasteiger partial charge in [-0.15, -0.1) is 0 Å². The lowest BCUT2D eigenvalue weighted by Crippen LogP contribution is -2.34. The van der Waals surface area contributed by atoms with E-state index in [9.17, 15) is 9.59 Å². The van der Waals surface area contributed by atoms with Gasteiger partial charge in [0.15, 0.2) is 5.79 Å². The van der Waals surface area contributed by atoms with E-state index in [-0.39, 0.29) is 12.5 Å². The van der Waals surface area contributed by atoms with E-state index in [1.807, 2.05) is 0 Å². The Morgan fingerprint density at radius 1 is 1.31 bits per heavy atom. The summed E-state index contributed by atoms with van der Waals surface area (Å²) in [5, 5.41) is 34.8. The summed E-state index contributed by atoms with van der Waals surface area (Å²) in [7, 11) is 0. The summed E-state index contributed by atoms with van der Waals surface area (Å²) < 4.78 is 0. The van der Waals surface area contributed by atoms with Crippen molar-refractivity contribution in [2.75, 3.05) is 0 Å². The Balaban J connectivity index is 5.04. The van der Waals surface area contributed by atoms with Crippen LogP contribution in [0.1, 0.15) is 13.3 Å². The molecule has 0 aromatic carbocycles. The molecule has 0 radical (unpaired) electrons. The van der Waals surface area contributed by atoms with E-state index in [4.69, 9.17) is 20.4 Å². The topological polar surface area (TPSA) is 115 Å². The molecule has 0 heterocycles. The van der Waals surface area contributed by atoms with Crippen molar-refractivity contribution >= 4 is 11.9 Å². The zero-order chi connectivity index (χ0) is 10.6. The number of rotatable bonds is 4. The molecule has 0 aromatic heterocycles. The van der Waals surface area contributed by atoms with Gasteiger partial charge in [-0.05, 0) is 0 Å². The van der Waals surface area contributed by atoms with Gasteiger partial charge in [0.25, 0.3) is 0 Å². The fourth-order valence-electron chi connectivity index (χ4n) is 0.663. The Morgan fingerprint density at radius 3 is 2.00 bits per heavy atom. The maximum absolute atomic E-state index is 10.4. The van der Waals surface area contributed by atoms with Crippen molar-refractivity contribution in [1.82, 2.24) is 0 Å². The molecule has 6 heteroatoms. The fraction of sp³-hybridized carbons (Fsp3) is 0.429. The molecule has 74 valence electrons. The molecular formula is C7H10O6. The molecule has 4 N–H and O–H groups in total. The molecule has 13 heavy (non-hydrogen) atoms. The highest BCUT2D eigenvalue weighted by Gasteiger charge is 2.32. The Morgan fingerprint density at radius 2 is 1.77 bits per heavy atom. The second-order valence-corrected chi connectivity index (χ2v) is 2.37. The van der Waals surface area contributed by atoms with E-state index in [2.05, 4.69) is 0 Å². The molecule has 0 aliphatic carbocycles. The van der Waals surface area contributed by atoms with Crippen LogP contribution in [-0.2, 0) is 9.59 Å². The van der Waals surface area contributed by atoms with Crippen molar-refractivity contribution in [3.05, 3.63) is 11.6 Å². The molecule has 0 aromatic rings. The predicted octanol–water partition coefficient (Wildman–Crippen LogP) is -0.827. The number of carbonyl (C=O) groups is 2. The largest absolute Gasteiger partial charge is 0.478 e. The van der Waals surface area contributed by atoms with Crippen LogP contribution in [0, 0.1) is 0 Å². The predicted molar refractivity (Wildman–Crippen MR) is 40.8 cm³/mol. The van der Waals surface area contributed by atoms with E-state index in [0.29, 0.717) is 0 Å². The standard InChI is InChI=1S/C7H10O6/c1-2-7(12,13)4(6(10)11)3-5(8)9/h3,12-13H,2H2,1H3,(H,8,9)(H,10,11). The number of hydrogen-bond acceptors (Lipinski definition) is 4. The van der Waals surface area contributed by atoms with E-state index in [1.165, 1.54) is 6.92 Å². The van der Waals surface area contributed by atoms with Gasteiger partial charge in [0.2, 0.25) is 0 Å². The Bertz CT molecular complexity index is 252. The first-order valence-electron chi connectivity index (χ1n) is 3.44. The average Bonchev–Trinajstić information content (AvgIpc) is 1.99. The number of carboxylic acid groups (broad SMARTS) is 2. The lowest BCUT2D eigenvalue weighted by Gasteiger charge is -2.19. The summed E-state index contributed by atoms with van der Waals surface area (Å²) in [6.07, 6.45) is -0.0513. The van der Waals surface area contributed by atoms with Gasteiger partial charge < -0.3 is 20.4 Å². The van der Waals surface area contributed by atoms with Crippen molar-refractivity contribution < 1.29 is 30.0 Å². The third-order valence-corrected chi connectivity index (χ3v) is 1.42. The van der Waals surface area contributed by atoms with Crippen molar-refractivity contribution in [3.63, 3.8) is 0 Å². The van der Waals surface area contributed by atoms with Crippen molar-refractivity contribution in [2.45, 2.75) is 19.1 Å². The van der Waals surface area contributed by atoms with Gasteiger partial charge in [0.05, 0.1) is 0 Å². The molecule has 0 unspecified atom stereocenters. The highest BCUT2D eigenvalue weighted by atomic mass is 16.5. The van der Waals surface area contributed by atoms with Crippen LogP contribution in [0.5, 0.6) is 0 Å². The van der Waals surface area contributed by atoms with Crippen LogP contribution in [0.4, 0.5) is 0 Å². The summed E-state index contributed by atoms with van der Waals surface area (Å²) >= 11 is 0. The van der Waals surface area contributed by atoms with Crippen molar-refractivity contribution in [1.29, 1.82) is 0 Å². The molecule has 0 rings (SSSR count). The molecule has 0 bridgehead atoms. The van der Waals surface area contributed by atoms with E-state index in [1.54, 1.807) is 0 Å². The zero-order valence-electron chi connectivity index (χ0n) is 6.89. The van der Waals surface area contributed by atoms with E-state index < -0.39 is 23.3 Å². The fourth-order valence-corrected chi connectivity index (χ4v) is 0.663. The van der Waals surface area contributed by atoms with Crippen LogP contribution in [-0.4, -0.2) is 38.2 Å². The van der Waals surface area contributed by atoms with Crippen LogP contribution >= 0.6 is 0 Å². The number of aliphatic carboxylic acids is 2. The molecular weight excluding hydrogens is 180 g/mol. The minimum absolute atomic E-state index is 0.256. The zero-order valence-corrected chi connectivity index (χ0v) is 6.89. The van der Waals surface area contributed by atoms with Crippen LogP contribution in [0.15, 0.2) is 11.6 Å². The van der Waals surface area contributed by atoms with Gasteiger partial charge in [-0.25, -0.2) is 9.59 Å². The first kappa shape index (κ1) is 11.6. The lowest BCUT2D eigenvalue weighted by atomic mass is 10.0. The average molecular weight is 190 g/mol. The number of aliphatic hydroxyl groups is 2. The summed E-state index contributed by atoms with van der Waals surface area (Å²) in [4.78, 5) is 20.5. The highest BCUT2D eigenvalue weighted by Crippen LogP contribution is 2.17. The maximum Gasteiger partial charge on any atom is 0.337 e. The van der Waals surface area contributed by atoms with E-state index >= 15 is 0 Å². The molecule has 0 amide bonds. The van der Waals surface area contributed by atoms with Gasteiger partial charge in [-0.3, -0.25) is 0 Å². The van der Waals surface area contributed by atoms with Crippen LogP contribution in [0.25, 0.3) is 0 Å². The molecule has 0 atom stereocenters. The first-order chi connectivity index (χ1) is 5.81. The second kappa shape index (κ2) is 4.01. The normalized spacial score (nSPS) is 12.7. The lowest BCUT2D eigenvalue weighted by molar-refractivity contribution is -0.156. The van der Waals surface area contributed by atoms with Gasteiger partial charge in [0, 0.05) is 12.5 Å². The first-order valence-corrected chi connectivity index (χ1v) is 3.44. The third-order valence-electron chi connectivity index (χ3n) is 1.42. The molecule has 0 aliphatic rings. The van der Waals surface area contributed by atoms with Crippen LogP contribution in [0.3, 0.4) is 0 Å². The van der Waals surface area contributed by atoms with Gasteiger partial charge in [0.1, 0.15) is 5.57 Å². The van der Waals surface area contributed by atoms with Crippen molar-refractivity contribution in [2.24, 2.45) is 0 Å². The van der Waals surface area contributed by atoms with Gasteiger partial charge in [-0.2, -0.15) is 0 Å². The molecule has 0 fully saturated rings. The summed E-state index contributed by atoms with van der Waals surface area (Å²) in [6, 6.07) is 0. The molecule has 6 nitrogen and oxygen atoms in total. The Labute approximate surface area is 73.7 Å². The second-order valence-electron chi connectivity index (χ2n) is 2.37. The Kier molecular flexibility index (Phi) is 3.58.